The fourth-order valence-electron chi connectivity index (χ4n) is 1.99. The van der Waals surface area contributed by atoms with Gasteiger partial charge in [-0.05, 0) is 43.2 Å². The number of hydrogen-bond acceptors (Lipinski definition) is 3. The highest BCUT2D eigenvalue weighted by atomic mass is 32.2. The number of benzene rings is 2. The lowest BCUT2D eigenvalue weighted by atomic mass is 10.2. The Morgan fingerprint density at radius 2 is 1.70 bits per heavy atom. The Hall–Kier alpha value is -1.85. The summed E-state index contributed by atoms with van der Waals surface area (Å²) in [6.45, 7) is 3.63. The Balaban J connectivity index is 2.30. The minimum atomic E-state index is -3.59. The van der Waals surface area contributed by atoms with Gasteiger partial charge in [-0.25, -0.2) is 8.42 Å². The molecule has 2 N–H and O–H groups in total. The van der Waals surface area contributed by atoms with Crippen LogP contribution in [-0.4, -0.2) is 13.5 Å². The maximum atomic E-state index is 12.3. The standard InChI is InChI=1S/C15H17NO3S/c1-11-3-8-15(12(2)9-11)20(18,19)16-14-6-4-13(10-17)5-7-14/h3-9,16-17H,10H2,1-2H3. The topological polar surface area (TPSA) is 66.4 Å². The third-order valence-corrected chi connectivity index (χ3v) is 4.55. The van der Waals surface area contributed by atoms with Gasteiger partial charge < -0.3 is 5.11 Å². The van der Waals surface area contributed by atoms with Crippen LogP contribution in [0.4, 0.5) is 5.69 Å². The Morgan fingerprint density at radius 3 is 2.25 bits per heavy atom. The molecule has 0 aliphatic carbocycles. The van der Waals surface area contributed by atoms with Crippen LogP contribution in [0, 0.1) is 13.8 Å². The van der Waals surface area contributed by atoms with E-state index >= 15 is 0 Å². The fraction of sp³-hybridized carbons (Fsp3) is 0.200. The first-order valence-corrected chi connectivity index (χ1v) is 7.70. The highest BCUT2D eigenvalue weighted by molar-refractivity contribution is 7.92. The number of nitrogens with one attached hydrogen (secondary N) is 1. The molecule has 4 nitrogen and oxygen atoms in total. The van der Waals surface area contributed by atoms with Gasteiger partial charge >= 0.3 is 0 Å². The van der Waals surface area contributed by atoms with Crippen molar-refractivity contribution in [2.45, 2.75) is 25.3 Å². The molecular weight excluding hydrogens is 274 g/mol. The zero-order valence-corrected chi connectivity index (χ0v) is 12.2. The van der Waals surface area contributed by atoms with E-state index < -0.39 is 10.0 Å². The second kappa shape index (κ2) is 5.64. The first-order valence-electron chi connectivity index (χ1n) is 6.22. The van der Waals surface area contributed by atoms with E-state index in [0.717, 1.165) is 11.1 Å². The van der Waals surface area contributed by atoms with E-state index in [2.05, 4.69) is 4.72 Å². The van der Waals surface area contributed by atoms with Crippen LogP contribution in [0.2, 0.25) is 0 Å². The average molecular weight is 291 g/mol. The van der Waals surface area contributed by atoms with Gasteiger partial charge in [0.05, 0.1) is 11.5 Å². The third kappa shape index (κ3) is 3.18. The van der Waals surface area contributed by atoms with Crippen molar-refractivity contribution in [3.05, 3.63) is 59.2 Å². The lowest BCUT2D eigenvalue weighted by Crippen LogP contribution is -2.14. The van der Waals surface area contributed by atoms with E-state index in [0.29, 0.717) is 11.3 Å². The Bertz CT molecular complexity index is 706. The first kappa shape index (κ1) is 14.6. The van der Waals surface area contributed by atoms with E-state index in [9.17, 15) is 8.42 Å². The summed E-state index contributed by atoms with van der Waals surface area (Å²) >= 11 is 0. The predicted octanol–water partition coefficient (Wildman–Crippen LogP) is 2.60. The van der Waals surface area contributed by atoms with E-state index in [4.69, 9.17) is 5.11 Å². The van der Waals surface area contributed by atoms with Crippen LogP contribution in [0.1, 0.15) is 16.7 Å². The SMILES string of the molecule is Cc1ccc(S(=O)(=O)Nc2ccc(CO)cc2)c(C)c1. The minimum Gasteiger partial charge on any atom is -0.392 e. The number of hydrogen-bond donors (Lipinski definition) is 2. The number of aliphatic hydroxyl groups excluding tert-OH is 1. The average Bonchev–Trinajstić information content (AvgIpc) is 2.38. The smallest absolute Gasteiger partial charge is 0.262 e. The molecule has 2 rings (SSSR count). The van der Waals surface area contributed by atoms with Crippen LogP contribution in [0.3, 0.4) is 0 Å². The van der Waals surface area contributed by atoms with Crippen LogP contribution in [0.15, 0.2) is 47.4 Å². The minimum absolute atomic E-state index is 0.0654. The van der Waals surface area contributed by atoms with Crippen molar-refractivity contribution in [2.75, 3.05) is 4.72 Å². The molecule has 0 aromatic heterocycles. The first-order chi connectivity index (χ1) is 9.42. The summed E-state index contributed by atoms with van der Waals surface area (Å²) in [5.41, 5.74) is 2.94. The maximum Gasteiger partial charge on any atom is 0.262 e. The molecule has 0 radical (unpaired) electrons. The van der Waals surface area contributed by atoms with Gasteiger partial charge in [-0.2, -0.15) is 0 Å². The van der Waals surface area contributed by atoms with Gasteiger partial charge in [0, 0.05) is 5.69 Å². The Morgan fingerprint density at radius 1 is 1.05 bits per heavy atom. The zero-order valence-electron chi connectivity index (χ0n) is 11.4. The van der Waals surface area contributed by atoms with Gasteiger partial charge in [0.1, 0.15) is 0 Å². The van der Waals surface area contributed by atoms with Gasteiger partial charge in [0.25, 0.3) is 10.0 Å². The van der Waals surface area contributed by atoms with Gasteiger partial charge in [-0.15, -0.1) is 0 Å². The van der Waals surface area contributed by atoms with Crippen LogP contribution >= 0.6 is 0 Å². The van der Waals surface area contributed by atoms with Crippen molar-refractivity contribution in [3.8, 4) is 0 Å². The third-order valence-electron chi connectivity index (χ3n) is 3.01. The van der Waals surface area contributed by atoms with Crippen LogP contribution < -0.4 is 4.72 Å². The second-order valence-corrected chi connectivity index (χ2v) is 6.38. The summed E-state index contributed by atoms with van der Waals surface area (Å²) in [4.78, 5) is 0.273. The summed E-state index contributed by atoms with van der Waals surface area (Å²) in [5.74, 6) is 0. The number of sulfonamides is 1. The molecule has 0 spiro atoms. The van der Waals surface area contributed by atoms with Crippen molar-refractivity contribution in [1.29, 1.82) is 0 Å². The second-order valence-electron chi connectivity index (χ2n) is 4.73. The molecular formula is C15H17NO3S. The van der Waals surface area contributed by atoms with Crippen LogP contribution in [0.5, 0.6) is 0 Å². The summed E-state index contributed by atoms with van der Waals surface area (Å²) in [6.07, 6.45) is 0. The van der Waals surface area contributed by atoms with Crippen molar-refractivity contribution < 1.29 is 13.5 Å². The number of rotatable bonds is 4. The van der Waals surface area contributed by atoms with Gasteiger partial charge in [0.15, 0.2) is 0 Å². The molecule has 2 aromatic carbocycles. The summed E-state index contributed by atoms with van der Waals surface area (Å²) in [5, 5.41) is 8.96. The number of aliphatic hydroxyl groups is 1. The summed E-state index contributed by atoms with van der Waals surface area (Å²) in [7, 11) is -3.59. The molecule has 0 saturated carbocycles. The number of anilines is 1. The summed E-state index contributed by atoms with van der Waals surface area (Å²) in [6, 6.07) is 11.8. The fourth-order valence-corrected chi connectivity index (χ4v) is 3.28. The molecule has 2 aromatic rings. The molecule has 0 fully saturated rings. The molecule has 0 aliphatic heterocycles. The molecule has 0 bridgehead atoms. The molecule has 0 aliphatic rings. The molecule has 106 valence electrons. The molecule has 0 unspecified atom stereocenters. The van der Waals surface area contributed by atoms with E-state index in [1.54, 1.807) is 43.3 Å². The van der Waals surface area contributed by atoms with Crippen molar-refractivity contribution in [2.24, 2.45) is 0 Å². The van der Waals surface area contributed by atoms with Gasteiger partial charge in [0.2, 0.25) is 0 Å². The summed E-state index contributed by atoms with van der Waals surface area (Å²) < 4.78 is 27.2. The van der Waals surface area contributed by atoms with Crippen LogP contribution in [0.25, 0.3) is 0 Å². The van der Waals surface area contributed by atoms with Crippen LogP contribution in [-0.2, 0) is 16.6 Å². The Labute approximate surface area is 119 Å². The normalized spacial score (nSPS) is 11.3. The lowest BCUT2D eigenvalue weighted by molar-refractivity contribution is 0.282. The van der Waals surface area contributed by atoms with E-state index in [1.165, 1.54) is 0 Å². The predicted molar refractivity (Wildman–Crippen MR) is 79.1 cm³/mol. The van der Waals surface area contributed by atoms with Gasteiger partial charge in [-0.3, -0.25) is 4.72 Å². The molecule has 0 atom stereocenters. The highest BCUT2D eigenvalue weighted by Crippen LogP contribution is 2.20. The van der Waals surface area contributed by atoms with Crippen molar-refractivity contribution >= 4 is 15.7 Å². The molecule has 20 heavy (non-hydrogen) atoms. The van der Waals surface area contributed by atoms with Gasteiger partial charge in [-0.1, -0.05) is 29.8 Å². The zero-order chi connectivity index (χ0) is 14.8. The van der Waals surface area contributed by atoms with E-state index in [1.807, 2.05) is 13.0 Å². The quantitative estimate of drug-likeness (QED) is 0.910. The lowest BCUT2D eigenvalue weighted by Gasteiger charge is -2.11. The largest absolute Gasteiger partial charge is 0.392 e. The molecule has 0 saturated heterocycles. The van der Waals surface area contributed by atoms with Crippen molar-refractivity contribution in [3.63, 3.8) is 0 Å². The molecule has 5 heteroatoms. The van der Waals surface area contributed by atoms with Crippen molar-refractivity contribution in [1.82, 2.24) is 0 Å². The maximum absolute atomic E-state index is 12.3. The Kier molecular flexibility index (Phi) is 4.11. The van der Waals surface area contributed by atoms with E-state index in [-0.39, 0.29) is 11.5 Å². The monoisotopic (exact) mass is 291 g/mol. The molecule has 0 amide bonds. The number of aryl methyl sites for hydroxylation is 2. The molecule has 0 heterocycles. The highest BCUT2D eigenvalue weighted by Gasteiger charge is 2.16.